The maximum atomic E-state index is 13.6. The quantitative estimate of drug-likeness (QED) is 0.208. The monoisotopic (exact) mass is 862 g/mol. The Labute approximate surface area is 368 Å². The molecule has 8 rings (SSSR count). The Bertz CT molecular complexity index is 2260. The number of nitriles is 1. The van der Waals surface area contributed by atoms with Gasteiger partial charge in [0.05, 0.1) is 37.6 Å². The summed E-state index contributed by atoms with van der Waals surface area (Å²) in [7, 11) is 3.02. The molecular formula is C48H58N6O9. The van der Waals surface area contributed by atoms with E-state index >= 15 is 0 Å². The maximum absolute atomic E-state index is 13.6. The van der Waals surface area contributed by atoms with Crippen LogP contribution < -0.4 is 39.8 Å². The highest BCUT2D eigenvalue weighted by atomic mass is 16.5. The van der Waals surface area contributed by atoms with Gasteiger partial charge in [-0.2, -0.15) is 5.26 Å². The molecule has 0 unspecified atom stereocenters. The fourth-order valence-corrected chi connectivity index (χ4v) is 10.6. The highest BCUT2D eigenvalue weighted by molar-refractivity contribution is 6.04. The molecule has 4 amide bonds. The van der Waals surface area contributed by atoms with Crippen molar-refractivity contribution < 1.29 is 42.9 Å². The van der Waals surface area contributed by atoms with Crippen LogP contribution in [0.2, 0.25) is 0 Å². The van der Waals surface area contributed by atoms with Crippen molar-refractivity contribution in [3.05, 3.63) is 77.4 Å². The Balaban J connectivity index is 0.793. The lowest BCUT2D eigenvalue weighted by Gasteiger charge is -2.63. The highest BCUT2D eigenvalue weighted by Gasteiger charge is 2.64. The summed E-state index contributed by atoms with van der Waals surface area (Å²) in [4.78, 5) is 55.2. The van der Waals surface area contributed by atoms with Crippen LogP contribution in [0.15, 0.2) is 60.7 Å². The molecule has 0 bridgehead atoms. The average Bonchev–Trinajstić information content (AvgIpc) is 3.26. The molecule has 3 N–H and O–H groups in total. The van der Waals surface area contributed by atoms with Crippen LogP contribution in [0.1, 0.15) is 92.5 Å². The number of nitrogens with zero attached hydrogens (tertiary/aromatic N) is 3. The van der Waals surface area contributed by atoms with Gasteiger partial charge in [0.2, 0.25) is 11.8 Å². The first-order valence-electron chi connectivity index (χ1n) is 21.9. The van der Waals surface area contributed by atoms with Gasteiger partial charge in [-0.1, -0.05) is 27.7 Å². The number of carbonyl (C=O) groups is 4. The fourth-order valence-electron chi connectivity index (χ4n) is 10.6. The van der Waals surface area contributed by atoms with Crippen LogP contribution in [0.4, 0.5) is 5.69 Å². The third kappa shape index (κ3) is 8.75. The van der Waals surface area contributed by atoms with Crippen molar-refractivity contribution in [1.29, 1.82) is 5.26 Å². The standard InChI is InChI=1S/C48H58N6O9/c1-46(2)44(47(3,4)45(46)63-34-12-9-30(27-49)38(25-34)59-5)52-41(56)29-7-10-31(11-8-29)53-19-17-48(18-20-53)28-54(21-22-61-48)32-23-35(24-32)62-33-13-14-36(39(26-33)60-6)42(57)50-37-15-16-40(55)51-43(37)58/h7-14,25-26,32,35,37,44-45H,15-24,28H2,1-6H3,(H,50,57)(H,52,56)(H,51,55,58)/t32-,35-,37-,44-,45-/m0/s1. The average molecular weight is 863 g/mol. The van der Waals surface area contributed by atoms with Gasteiger partial charge in [0.1, 0.15) is 47.3 Å². The molecule has 334 valence electrons. The van der Waals surface area contributed by atoms with Crippen LogP contribution in [0.3, 0.4) is 0 Å². The molecule has 2 aliphatic carbocycles. The smallest absolute Gasteiger partial charge is 0.255 e. The number of methoxy groups -OCH3 is 2. The molecule has 3 aliphatic heterocycles. The largest absolute Gasteiger partial charge is 0.496 e. The first-order valence-corrected chi connectivity index (χ1v) is 21.9. The van der Waals surface area contributed by atoms with Crippen LogP contribution in [-0.4, -0.2) is 111 Å². The number of piperidine rings is 2. The number of carbonyl (C=O) groups excluding carboxylic acids is 4. The molecule has 15 nitrogen and oxygen atoms in total. The van der Waals surface area contributed by atoms with E-state index in [1.54, 1.807) is 36.4 Å². The normalized spacial score (nSPS) is 25.9. The second-order valence-electron chi connectivity index (χ2n) is 18.8. The van der Waals surface area contributed by atoms with Crippen molar-refractivity contribution in [3.8, 4) is 29.1 Å². The van der Waals surface area contributed by atoms with Crippen LogP contribution >= 0.6 is 0 Å². The van der Waals surface area contributed by atoms with E-state index in [1.807, 2.05) is 24.3 Å². The van der Waals surface area contributed by atoms with E-state index in [9.17, 15) is 24.4 Å². The Hall–Kier alpha value is -5.85. The zero-order chi connectivity index (χ0) is 44.7. The molecule has 3 saturated heterocycles. The number of anilines is 1. The molecule has 5 fully saturated rings. The summed E-state index contributed by atoms with van der Waals surface area (Å²) in [5.41, 5.74) is 1.51. The van der Waals surface area contributed by atoms with E-state index in [-0.39, 0.29) is 64.9 Å². The fraction of sp³-hybridized carbons (Fsp3) is 0.521. The number of morpholine rings is 1. The van der Waals surface area contributed by atoms with E-state index in [4.69, 9.17) is 23.7 Å². The molecule has 15 heteroatoms. The molecule has 1 spiro atoms. The minimum Gasteiger partial charge on any atom is -0.496 e. The highest BCUT2D eigenvalue weighted by Crippen LogP contribution is 2.55. The van der Waals surface area contributed by atoms with Crippen molar-refractivity contribution >= 4 is 29.3 Å². The van der Waals surface area contributed by atoms with E-state index in [2.05, 4.69) is 59.5 Å². The van der Waals surface area contributed by atoms with Gasteiger partial charge >= 0.3 is 0 Å². The van der Waals surface area contributed by atoms with E-state index < -0.39 is 17.9 Å². The third-order valence-electron chi connectivity index (χ3n) is 14.0. The molecule has 0 aromatic heterocycles. The molecule has 2 saturated carbocycles. The molecule has 3 aromatic rings. The Morgan fingerprint density at radius 3 is 2.17 bits per heavy atom. The minimum atomic E-state index is -0.778. The first kappa shape index (κ1) is 43.8. The van der Waals surface area contributed by atoms with Gasteiger partial charge in [-0.05, 0) is 67.8 Å². The first-order chi connectivity index (χ1) is 30.1. The SMILES string of the molecule is COc1cc(O[C@H]2C(C)(C)[C@H](NC(=O)c3ccc(N4CCC5(CC4)CN([C@H]4C[C@H](Oc6ccc(C(=O)N[C@H]7CCC(=O)NC7=O)c(OC)c6)C4)CCO5)cc3)C2(C)C)ccc1C#N. The Kier molecular flexibility index (Phi) is 12.1. The number of benzene rings is 3. The lowest BCUT2D eigenvalue weighted by Crippen LogP contribution is -2.74. The van der Waals surface area contributed by atoms with Crippen molar-refractivity contribution in [2.45, 2.75) is 102 Å². The van der Waals surface area contributed by atoms with Gasteiger partial charge in [-0.3, -0.25) is 29.4 Å². The Morgan fingerprint density at radius 2 is 1.51 bits per heavy atom. The summed E-state index contributed by atoms with van der Waals surface area (Å²) < 4.78 is 30.2. The van der Waals surface area contributed by atoms with Crippen molar-refractivity contribution in [2.75, 3.05) is 51.9 Å². The number of rotatable bonds is 12. The summed E-state index contributed by atoms with van der Waals surface area (Å²) in [5, 5.41) is 17.6. The van der Waals surface area contributed by atoms with E-state index in [1.165, 1.54) is 14.2 Å². The lowest BCUT2D eigenvalue weighted by atomic mass is 9.49. The van der Waals surface area contributed by atoms with Crippen molar-refractivity contribution in [1.82, 2.24) is 20.9 Å². The summed E-state index contributed by atoms with van der Waals surface area (Å²) >= 11 is 0. The number of imide groups is 1. The maximum Gasteiger partial charge on any atom is 0.255 e. The van der Waals surface area contributed by atoms with Crippen LogP contribution in [0.5, 0.6) is 23.0 Å². The van der Waals surface area contributed by atoms with Gasteiger partial charge in [-0.25, -0.2) is 0 Å². The minimum absolute atomic E-state index is 0.0383. The molecule has 63 heavy (non-hydrogen) atoms. The second kappa shape index (κ2) is 17.4. The van der Waals surface area contributed by atoms with Gasteiger partial charge in [0.15, 0.2) is 0 Å². The van der Waals surface area contributed by atoms with E-state index in [0.717, 1.165) is 57.5 Å². The zero-order valence-corrected chi connectivity index (χ0v) is 37.0. The molecule has 1 atom stereocenters. The predicted molar refractivity (Wildman–Crippen MR) is 233 cm³/mol. The summed E-state index contributed by atoms with van der Waals surface area (Å²) in [5.74, 6) is 0.625. The summed E-state index contributed by atoms with van der Waals surface area (Å²) in [6.07, 6.45) is 3.88. The van der Waals surface area contributed by atoms with Gasteiger partial charge in [0.25, 0.3) is 11.8 Å². The third-order valence-corrected chi connectivity index (χ3v) is 14.0. The van der Waals surface area contributed by atoms with Gasteiger partial charge in [-0.15, -0.1) is 0 Å². The number of ether oxygens (including phenoxy) is 5. The van der Waals surface area contributed by atoms with Gasteiger partial charge < -0.3 is 39.2 Å². The van der Waals surface area contributed by atoms with Crippen LogP contribution in [-0.2, 0) is 14.3 Å². The Morgan fingerprint density at radius 1 is 0.841 bits per heavy atom. The van der Waals surface area contributed by atoms with Crippen molar-refractivity contribution in [3.63, 3.8) is 0 Å². The van der Waals surface area contributed by atoms with Crippen LogP contribution in [0, 0.1) is 22.2 Å². The van der Waals surface area contributed by atoms with Crippen LogP contribution in [0.25, 0.3) is 0 Å². The van der Waals surface area contributed by atoms with Gasteiger partial charge in [0, 0.05) is 91.7 Å². The zero-order valence-electron chi connectivity index (χ0n) is 37.0. The number of hydrogen-bond acceptors (Lipinski definition) is 12. The number of hydrogen-bond donors (Lipinski definition) is 3. The molecule has 3 heterocycles. The second-order valence-corrected chi connectivity index (χ2v) is 18.8. The molecule has 5 aliphatic rings. The molecule has 0 radical (unpaired) electrons. The van der Waals surface area contributed by atoms with Crippen molar-refractivity contribution in [2.24, 2.45) is 10.8 Å². The lowest BCUT2D eigenvalue weighted by molar-refractivity contribution is -0.164. The summed E-state index contributed by atoms with van der Waals surface area (Å²) in [6, 6.07) is 19.8. The molecular weight excluding hydrogens is 805 g/mol. The topological polar surface area (TPSA) is 181 Å². The van der Waals surface area contributed by atoms with E-state index in [0.29, 0.717) is 46.8 Å². The number of amides is 4. The molecule has 3 aromatic carbocycles. The predicted octanol–water partition coefficient (Wildman–Crippen LogP) is 5.00. The number of nitrogens with one attached hydrogen (secondary N) is 3. The summed E-state index contributed by atoms with van der Waals surface area (Å²) in [6.45, 7) is 12.6.